The maximum absolute atomic E-state index is 11.7. The number of hydrogen-bond donors (Lipinski definition) is 2. The van der Waals surface area contributed by atoms with Crippen molar-refractivity contribution in [2.24, 2.45) is 5.92 Å². The molecule has 1 rings (SSSR count). The van der Waals surface area contributed by atoms with Gasteiger partial charge >= 0.3 is 0 Å². The molecule has 0 aliphatic rings. The summed E-state index contributed by atoms with van der Waals surface area (Å²) in [6, 6.07) is 3.84. The first-order valence-corrected chi connectivity index (χ1v) is 5.50. The molecule has 0 bridgehead atoms. The first-order valence-electron chi connectivity index (χ1n) is 5.50. The van der Waals surface area contributed by atoms with E-state index >= 15 is 0 Å². The molecule has 0 aliphatic carbocycles. The Labute approximate surface area is 96.5 Å². The minimum absolute atomic E-state index is 0.0192. The van der Waals surface area contributed by atoms with Crippen LogP contribution in [0.3, 0.4) is 0 Å². The number of carbonyl (C=O) groups is 1. The van der Waals surface area contributed by atoms with E-state index in [9.17, 15) is 4.79 Å². The Balaban J connectivity index is 2.51. The van der Waals surface area contributed by atoms with Crippen molar-refractivity contribution in [3.63, 3.8) is 0 Å². The zero-order chi connectivity index (χ0) is 12.0. The summed E-state index contributed by atoms with van der Waals surface area (Å²) in [4.78, 5) is 15.7. The lowest BCUT2D eigenvalue weighted by Crippen LogP contribution is -2.35. The SMILES string of the molecule is CNCC(C)C(=O)N[C@H](C)c1ccncc1. The number of nitrogens with zero attached hydrogens (tertiary/aromatic N) is 1. The third-order valence-corrected chi connectivity index (χ3v) is 2.52. The van der Waals surface area contributed by atoms with Gasteiger partial charge in [0.05, 0.1) is 6.04 Å². The Bertz CT molecular complexity index is 326. The van der Waals surface area contributed by atoms with Crippen molar-refractivity contribution in [3.05, 3.63) is 30.1 Å². The van der Waals surface area contributed by atoms with Gasteiger partial charge in [0.2, 0.25) is 5.91 Å². The van der Waals surface area contributed by atoms with Gasteiger partial charge in [-0.2, -0.15) is 0 Å². The molecule has 1 heterocycles. The highest BCUT2D eigenvalue weighted by Gasteiger charge is 2.14. The van der Waals surface area contributed by atoms with Gasteiger partial charge < -0.3 is 10.6 Å². The Morgan fingerprint density at radius 2 is 2.00 bits per heavy atom. The second kappa shape index (κ2) is 6.23. The topological polar surface area (TPSA) is 54.0 Å². The third kappa shape index (κ3) is 3.62. The molecule has 1 unspecified atom stereocenters. The van der Waals surface area contributed by atoms with Crippen molar-refractivity contribution in [1.29, 1.82) is 0 Å². The van der Waals surface area contributed by atoms with E-state index in [2.05, 4.69) is 15.6 Å². The van der Waals surface area contributed by atoms with Gasteiger partial charge in [-0.05, 0) is 31.7 Å². The number of hydrogen-bond acceptors (Lipinski definition) is 3. The van der Waals surface area contributed by atoms with Crippen LogP contribution in [0.5, 0.6) is 0 Å². The van der Waals surface area contributed by atoms with E-state index in [1.807, 2.05) is 33.0 Å². The predicted octanol–water partition coefficient (Wildman–Crippen LogP) is 1.11. The number of pyridine rings is 1. The summed E-state index contributed by atoms with van der Waals surface area (Å²) in [7, 11) is 1.84. The van der Waals surface area contributed by atoms with Crippen molar-refractivity contribution in [2.75, 3.05) is 13.6 Å². The van der Waals surface area contributed by atoms with Crippen LogP contribution in [0.1, 0.15) is 25.5 Å². The van der Waals surface area contributed by atoms with Gasteiger partial charge in [-0.3, -0.25) is 9.78 Å². The van der Waals surface area contributed by atoms with Crippen LogP contribution in [0, 0.1) is 5.92 Å². The van der Waals surface area contributed by atoms with Gasteiger partial charge in [0, 0.05) is 24.9 Å². The van der Waals surface area contributed by atoms with Gasteiger partial charge in [0.1, 0.15) is 0 Å². The lowest BCUT2D eigenvalue weighted by Gasteiger charge is -2.17. The molecule has 0 radical (unpaired) electrons. The van der Waals surface area contributed by atoms with Gasteiger partial charge in [-0.15, -0.1) is 0 Å². The smallest absolute Gasteiger partial charge is 0.224 e. The third-order valence-electron chi connectivity index (χ3n) is 2.52. The van der Waals surface area contributed by atoms with E-state index in [-0.39, 0.29) is 17.9 Å². The van der Waals surface area contributed by atoms with E-state index in [1.54, 1.807) is 12.4 Å². The molecule has 88 valence electrons. The Hall–Kier alpha value is -1.42. The van der Waals surface area contributed by atoms with Crippen LogP contribution in [0.2, 0.25) is 0 Å². The van der Waals surface area contributed by atoms with E-state index in [0.717, 1.165) is 5.56 Å². The highest BCUT2D eigenvalue weighted by atomic mass is 16.1. The second-order valence-electron chi connectivity index (χ2n) is 3.97. The highest BCUT2D eigenvalue weighted by Crippen LogP contribution is 2.10. The van der Waals surface area contributed by atoms with Crippen LogP contribution in [0.15, 0.2) is 24.5 Å². The normalized spacial score (nSPS) is 14.2. The van der Waals surface area contributed by atoms with E-state index in [4.69, 9.17) is 0 Å². The van der Waals surface area contributed by atoms with Crippen molar-refractivity contribution < 1.29 is 4.79 Å². The minimum Gasteiger partial charge on any atom is -0.349 e. The van der Waals surface area contributed by atoms with Crippen molar-refractivity contribution >= 4 is 5.91 Å². The largest absolute Gasteiger partial charge is 0.349 e. The van der Waals surface area contributed by atoms with Gasteiger partial charge in [0.15, 0.2) is 0 Å². The number of aromatic nitrogens is 1. The Morgan fingerprint density at radius 3 is 2.56 bits per heavy atom. The molecule has 1 aromatic heterocycles. The van der Waals surface area contributed by atoms with Crippen LogP contribution in [0.25, 0.3) is 0 Å². The van der Waals surface area contributed by atoms with Crippen LogP contribution in [-0.2, 0) is 4.79 Å². The van der Waals surface area contributed by atoms with Crippen LogP contribution >= 0.6 is 0 Å². The average molecular weight is 221 g/mol. The molecular formula is C12H19N3O. The molecule has 2 atom stereocenters. The monoisotopic (exact) mass is 221 g/mol. The Morgan fingerprint density at radius 1 is 1.38 bits per heavy atom. The fourth-order valence-electron chi connectivity index (χ4n) is 1.49. The molecular weight excluding hydrogens is 202 g/mol. The first kappa shape index (κ1) is 12.6. The summed E-state index contributed by atoms with van der Waals surface area (Å²) in [5.74, 6) is 0.0490. The average Bonchev–Trinajstić information content (AvgIpc) is 2.30. The van der Waals surface area contributed by atoms with Crippen molar-refractivity contribution in [3.8, 4) is 0 Å². The summed E-state index contributed by atoms with van der Waals surface area (Å²) in [6.07, 6.45) is 3.46. The molecule has 1 amide bonds. The fourth-order valence-corrected chi connectivity index (χ4v) is 1.49. The van der Waals surface area contributed by atoms with Crippen LogP contribution < -0.4 is 10.6 Å². The summed E-state index contributed by atoms with van der Waals surface area (Å²) in [6.45, 7) is 4.57. The number of carbonyl (C=O) groups excluding carboxylic acids is 1. The second-order valence-corrected chi connectivity index (χ2v) is 3.97. The van der Waals surface area contributed by atoms with Gasteiger partial charge in [-0.1, -0.05) is 6.92 Å². The molecule has 0 aliphatic heterocycles. The van der Waals surface area contributed by atoms with Crippen LogP contribution in [-0.4, -0.2) is 24.5 Å². The summed E-state index contributed by atoms with van der Waals surface area (Å²) >= 11 is 0. The van der Waals surface area contributed by atoms with Crippen molar-refractivity contribution in [2.45, 2.75) is 19.9 Å². The minimum atomic E-state index is -0.0192. The molecule has 2 N–H and O–H groups in total. The van der Waals surface area contributed by atoms with E-state index in [0.29, 0.717) is 6.54 Å². The highest BCUT2D eigenvalue weighted by molar-refractivity contribution is 5.78. The maximum Gasteiger partial charge on any atom is 0.224 e. The lowest BCUT2D eigenvalue weighted by molar-refractivity contribution is -0.125. The molecule has 0 spiro atoms. The zero-order valence-corrected chi connectivity index (χ0v) is 10.0. The van der Waals surface area contributed by atoms with Crippen molar-refractivity contribution in [1.82, 2.24) is 15.6 Å². The standard InChI is InChI=1S/C12H19N3O/c1-9(8-13-3)12(16)15-10(2)11-4-6-14-7-5-11/h4-7,9-10,13H,8H2,1-3H3,(H,15,16)/t9?,10-/m1/s1. The molecule has 0 aromatic carbocycles. The molecule has 0 saturated carbocycles. The summed E-state index contributed by atoms with van der Waals surface area (Å²) in [5.41, 5.74) is 1.07. The molecule has 16 heavy (non-hydrogen) atoms. The lowest BCUT2D eigenvalue weighted by atomic mass is 10.1. The quantitative estimate of drug-likeness (QED) is 0.783. The molecule has 0 saturated heterocycles. The summed E-state index contributed by atoms with van der Waals surface area (Å²) in [5, 5.41) is 5.96. The number of amides is 1. The maximum atomic E-state index is 11.7. The van der Waals surface area contributed by atoms with E-state index < -0.39 is 0 Å². The molecule has 1 aromatic rings. The number of rotatable bonds is 5. The summed E-state index contributed by atoms with van der Waals surface area (Å²) < 4.78 is 0. The van der Waals surface area contributed by atoms with Gasteiger partial charge in [0.25, 0.3) is 0 Å². The fraction of sp³-hybridized carbons (Fsp3) is 0.500. The molecule has 4 heteroatoms. The van der Waals surface area contributed by atoms with Gasteiger partial charge in [-0.25, -0.2) is 0 Å². The zero-order valence-electron chi connectivity index (χ0n) is 10.0. The molecule has 0 fully saturated rings. The first-order chi connectivity index (χ1) is 7.65. The Kier molecular flexibility index (Phi) is 4.92. The van der Waals surface area contributed by atoms with E-state index in [1.165, 1.54) is 0 Å². The number of nitrogens with one attached hydrogen (secondary N) is 2. The molecule has 4 nitrogen and oxygen atoms in total. The predicted molar refractivity (Wildman–Crippen MR) is 63.9 cm³/mol. The van der Waals surface area contributed by atoms with Crippen LogP contribution in [0.4, 0.5) is 0 Å².